The minimum absolute atomic E-state index is 0.0582. The van der Waals surface area contributed by atoms with Crippen molar-refractivity contribution in [2.45, 2.75) is 5.03 Å². The number of nitrogens with one attached hydrogen (secondary N) is 1. The molecular weight excluding hydrogens is 418 g/mol. The number of anilines is 2. The van der Waals surface area contributed by atoms with E-state index in [4.69, 9.17) is 5.73 Å². The maximum atomic E-state index is 12.8. The molecule has 1 aliphatic rings. The van der Waals surface area contributed by atoms with Crippen LogP contribution in [-0.2, 0) is 17.1 Å². The van der Waals surface area contributed by atoms with Crippen LogP contribution in [0.4, 0.5) is 11.6 Å². The number of rotatable bonds is 4. The third-order valence-electron chi connectivity index (χ3n) is 5.25. The number of piperazine rings is 1. The summed E-state index contributed by atoms with van der Waals surface area (Å²) in [6.45, 7) is 1.60. The van der Waals surface area contributed by atoms with E-state index >= 15 is 0 Å². The Labute approximate surface area is 178 Å². The van der Waals surface area contributed by atoms with Crippen LogP contribution in [0.1, 0.15) is 0 Å². The van der Waals surface area contributed by atoms with Crippen molar-refractivity contribution in [3.05, 3.63) is 43.0 Å². The Kier molecular flexibility index (Phi) is 4.59. The second-order valence-corrected chi connectivity index (χ2v) is 9.22. The first-order chi connectivity index (χ1) is 14.9. The van der Waals surface area contributed by atoms with Crippen molar-refractivity contribution in [1.82, 2.24) is 33.8 Å². The molecule has 0 atom stereocenters. The monoisotopic (exact) mass is 439 g/mol. The number of nitrogens with two attached hydrogens (primary N) is 1. The largest absolute Gasteiger partial charge is 0.382 e. The summed E-state index contributed by atoms with van der Waals surface area (Å²) in [5.74, 6) is 1.45. The lowest BCUT2D eigenvalue weighted by Crippen LogP contribution is -2.49. The third kappa shape index (κ3) is 3.49. The van der Waals surface area contributed by atoms with Crippen molar-refractivity contribution in [3.8, 4) is 11.5 Å². The molecule has 4 aromatic rings. The van der Waals surface area contributed by atoms with Crippen molar-refractivity contribution in [1.29, 1.82) is 0 Å². The zero-order chi connectivity index (χ0) is 21.6. The lowest BCUT2D eigenvalue weighted by Gasteiger charge is -2.34. The van der Waals surface area contributed by atoms with Crippen LogP contribution in [0.15, 0.2) is 48.0 Å². The highest BCUT2D eigenvalue weighted by molar-refractivity contribution is 7.89. The summed E-state index contributed by atoms with van der Waals surface area (Å²) in [5.41, 5.74) is 8.24. The Hall–Kier alpha value is -3.51. The summed E-state index contributed by atoms with van der Waals surface area (Å²) < 4.78 is 28.6. The minimum Gasteiger partial charge on any atom is -0.382 e. The molecule has 0 saturated carbocycles. The van der Waals surface area contributed by atoms with Crippen LogP contribution in [-0.4, -0.2) is 68.4 Å². The van der Waals surface area contributed by atoms with Gasteiger partial charge in [0.05, 0.1) is 23.6 Å². The first kappa shape index (κ1) is 19.5. The number of sulfonamides is 1. The first-order valence-corrected chi connectivity index (χ1v) is 11.2. The average Bonchev–Trinajstić information content (AvgIpc) is 3.41. The van der Waals surface area contributed by atoms with E-state index in [0.717, 1.165) is 11.0 Å². The van der Waals surface area contributed by atoms with Gasteiger partial charge in [-0.25, -0.2) is 28.4 Å². The van der Waals surface area contributed by atoms with Crippen LogP contribution in [0.3, 0.4) is 0 Å². The SMILES string of the molecule is Cn1cnc(S(=O)(=O)N2CCN(c3cnc(N)c(-c4nc5ccccc5[nH]4)n3)CC2)c1. The number of hydrogen-bond donors (Lipinski definition) is 2. The normalized spacial score (nSPS) is 15.6. The van der Waals surface area contributed by atoms with E-state index in [9.17, 15) is 8.42 Å². The maximum Gasteiger partial charge on any atom is 0.262 e. The molecule has 0 unspecified atom stereocenters. The fourth-order valence-corrected chi connectivity index (χ4v) is 4.98. The van der Waals surface area contributed by atoms with Gasteiger partial charge in [0.15, 0.2) is 22.4 Å². The summed E-state index contributed by atoms with van der Waals surface area (Å²) in [4.78, 5) is 22.7. The van der Waals surface area contributed by atoms with Crippen LogP contribution < -0.4 is 10.6 Å². The molecular formula is C19H21N9O2S. The molecule has 0 bridgehead atoms. The smallest absolute Gasteiger partial charge is 0.262 e. The quantitative estimate of drug-likeness (QED) is 0.477. The second-order valence-electron chi connectivity index (χ2n) is 7.33. The van der Waals surface area contributed by atoms with Gasteiger partial charge in [-0.1, -0.05) is 12.1 Å². The number of fused-ring (bicyclic) bond motifs is 1. The Bertz CT molecular complexity index is 1320. The van der Waals surface area contributed by atoms with Crippen LogP contribution in [0, 0.1) is 0 Å². The van der Waals surface area contributed by atoms with Crippen LogP contribution in [0.2, 0.25) is 0 Å². The van der Waals surface area contributed by atoms with E-state index in [-0.39, 0.29) is 10.8 Å². The number of nitrogen functional groups attached to an aromatic ring is 1. The van der Waals surface area contributed by atoms with Crippen molar-refractivity contribution < 1.29 is 8.42 Å². The second kappa shape index (κ2) is 7.32. The van der Waals surface area contributed by atoms with E-state index in [0.29, 0.717) is 43.5 Å². The van der Waals surface area contributed by atoms with Crippen LogP contribution >= 0.6 is 0 Å². The number of aromatic amines is 1. The minimum atomic E-state index is -3.62. The molecule has 1 fully saturated rings. The van der Waals surface area contributed by atoms with Gasteiger partial charge in [0.1, 0.15) is 5.82 Å². The predicted molar refractivity (Wildman–Crippen MR) is 116 cm³/mol. The van der Waals surface area contributed by atoms with E-state index in [1.54, 1.807) is 17.8 Å². The molecule has 3 N–H and O–H groups in total. The maximum absolute atomic E-state index is 12.8. The van der Waals surface area contributed by atoms with E-state index in [2.05, 4.69) is 24.9 Å². The van der Waals surface area contributed by atoms with E-state index in [1.807, 2.05) is 29.2 Å². The highest BCUT2D eigenvalue weighted by atomic mass is 32.2. The molecule has 160 valence electrons. The molecule has 1 aliphatic heterocycles. The van der Waals surface area contributed by atoms with Crippen molar-refractivity contribution >= 4 is 32.7 Å². The molecule has 0 amide bonds. The zero-order valence-corrected chi connectivity index (χ0v) is 17.6. The van der Waals surface area contributed by atoms with Gasteiger partial charge in [0, 0.05) is 39.4 Å². The first-order valence-electron chi connectivity index (χ1n) is 9.72. The number of aryl methyl sites for hydroxylation is 1. The van der Waals surface area contributed by atoms with Gasteiger partial charge < -0.3 is 20.2 Å². The highest BCUT2D eigenvalue weighted by Gasteiger charge is 2.30. The lowest BCUT2D eigenvalue weighted by atomic mass is 10.3. The van der Waals surface area contributed by atoms with Gasteiger partial charge >= 0.3 is 0 Å². The van der Waals surface area contributed by atoms with Crippen molar-refractivity contribution in [3.63, 3.8) is 0 Å². The molecule has 1 aromatic carbocycles. The van der Waals surface area contributed by atoms with Crippen LogP contribution in [0.25, 0.3) is 22.6 Å². The van der Waals surface area contributed by atoms with Gasteiger partial charge in [-0.3, -0.25) is 0 Å². The number of nitrogens with zero attached hydrogens (tertiary/aromatic N) is 7. The molecule has 0 aliphatic carbocycles. The predicted octanol–water partition coefficient (Wildman–Crippen LogP) is 0.846. The summed E-state index contributed by atoms with van der Waals surface area (Å²) in [6, 6.07) is 7.68. The zero-order valence-electron chi connectivity index (χ0n) is 16.8. The molecule has 4 heterocycles. The van der Waals surface area contributed by atoms with Gasteiger partial charge in [0.2, 0.25) is 0 Å². The van der Waals surface area contributed by atoms with Crippen molar-refractivity contribution in [2.24, 2.45) is 7.05 Å². The van der Waals surface area contributed by atoms with E-state index in [1.165, 1.54) is 16.8 Å². The Morgan fingerprint density at radius 1 is 1.06 bits per heavy atom. The van der Waals surface area contributed by atoms with E-state index < -0.39 is 10.0 Å². The molecule has 31 heavy (non-hydrogen) atoms. The van der Waals surface area contributed by atoms with Crippen LogP contribution in [0.5, 0.6) is 0 Å². The molecule has 1 saturated heterocycles. The summed E-state index contributed by atoms with van der Waals surface area (Å²) >= 11 is 0. The Morgan fingerprint density at radius 3 is 2.55 bits per heavy atom. The molecule has 11 nitrogen and oxygen atoms in total. The number of para-hydroxylation sites is 2. The summed E-state index contributed by atoms with van der Waals surface area (Å²) in [5, 5.41) is 0.0582. The summed E-state index contributed by atoms with van der Waals surface area (Å²) in [7, 11) is -1.88. The van der Waals surface area contributed by atoms with Gasteiger partial charge in [-0.05, 0) is 12.1 Å². The third-order valence-corrected chi connectivity index (χ3v) is 7.03. The molecule has 0 spiro atoms. The van der Waals surface area contributed by atoms with Gasteiger partial charge in [0.25, 0.3) is 10.0 Å². The number of H-pyrrole nitrogens is 1. The molecule has 5 rings (SSSR count). The Morgan fingerprint density at radius 2 is 1.84 bits per heavy atom. The highest BCUT2D eigenvalue weighted by Crippen LogP contribution is 2.26. The molecule has 3 aromatic heterocycles. The fraction of sp³-hybridized carbons (Fsp3) is 0.263. The topological polar surface area (TPSA) is 139 Å². The number of imidazole rings is 2. The Balaban J connectivity index is 1.37. The number of hydrogen-bond acceptors (Lipinski definition) is 8. The van der Waals surface area contributed by atoms with Gasteiger partial charge in [-0.2, -0.15) is 4.31 Å². The standard InChI is InChI=1S/C19H21N9O2S/c1-26-11-16(22-12-26)31(29,30)28-8-6-27(7-9-28)15-10-21-18(20)17(25-15)19-23-13-4-2-3-5-14(13)24-19/h2-5,10-12H,6-9H2,1H3,(H2,20,21)(H,23,24). The lowest BCUT2D eigenvalue weighted by molar-refractivity contribution is 0.382. The summed E-state index contributed by atoms with van der Waals surface area (Å²) in [6.07, 6.45) is 4.59. The average molecular weight is 440 g/mol. The molecule has 12 heteroatoms. The molecule has 0 radical (unpaired) electrons. The van der Waals surface area contributed by atoms with Crippen molar-refractivity contribution in [2.75, 3.05) is 36.8 Å². The number of benzene rings is 1. The fourth-order valence-electron chi connectivity index (χ4n) is 3.59. The van der Waals surface area contributed by atoms with Gasteiger partial charge in [-0.15, -0.1) is 0 Å². The number of aromatic nitrogens is 6.